The Kier molecular flexibility index (Phi) is 5.54. The van der Waals surface area contributed by atoms with E-state index < -0.39 is 0 Å². The minimum Gasteiger partial charge on any atom is -0.381 e. The highest BCUT2D eigenvalue weighted by Crippen LogP contribution is 2.32. The number of nitrogens with two attached hydrogens (primary N) is 1. The Hall–Kier alpha value is -4.36. The molecular formula is C26H25N9O. The minimum atomic E-state index is 0.133. The fourth-order valence-corrected chi connectivity index (χ4v) is 5.03. The SMILES string of the molecule is Cc1c(C#N)cccc1-c1cc(-c2cn(Cc3cccc(N4CC5COCC5C4)n3)nn2)nc(N)n1. The third kappa shape index (κ3) is 4.14. The molecule has 2 N–H and O–H groups in total. The Bertz CT molecular complexity index is 1460. The molecule has 2 unspecified atom stereocenters. The second kappa shape index (κ2) is 9.02. The van der Waals surface area contributed by atoms with Gasteiger partial charge in [0.05, 0.1) is 54.7 Å². The molecule has 6 rings (SSSR count). The number of rotatable bonds is 5. The predicted octanol–water partition coefficient (Wildman–Crippen LogP) is 2.69. The largest absolute Gasteiger partial charge is 0.381 e. The van der Waals surface area contributed by atoms with E-state index in [1.807, 2.05) is 43.5 Å². The number of nitriles is 1. The number of ether oxygens (including phenoxy) is 1. The normalized spacial score (nSPS) is 18.8. The van der Waals surface area contributed by atoms with Gasteiger partial charge in [-0.3, -0.25) is 0 Å². The molecule has 2 saturated heterocycles. The van der Waals surface area contributed by atoms with Crippen molar-refractivity contribution in [2.24, 2.45) is 11.8 Å². The lowest BCUT2D eigenvalue weighted by Gasteiger charge is -2.19. The van der Waals surface area contributed by atoms with E-state index in [1.165, 1.54) is 0 Å². The van der Waals surface area contributed by atoms with Crippen LogP contribution in [0.5, 0.6) is 0 Å². The molecule has 10 heteroatoms. The fraction of sp³-hybridized carbons (Fsp3) is 0.308. The molecule has 10 nitrogen and oxygen atoms in total. The number of nitrogen functional groups attached to an aromatic ring is 1. The Labute approximate surface area is 208 Å². The lowest BCUT2D eigenvalue weighted by atomic mass is 10.00. The van der Waals surface area contributed by atoms with Crippen molar-refractivity contribution in [3.8, 4) is 28.7 Å². The van der Waals surface area contributed by atoms with Gasteiger partial charge in [-0.05, 0) is 36.8 Å². The molecular weight excluding hydrogens is 454 g/mol. The zero-order valence-corrected chi connectivity index (χ0v) is 19.9. The standard InChI is InChI=1S/C26H25N9O/c1-16-17(9-27)4-2-6-21(16)22-8-23(31-26(28)30-22)24-13-35(33-32-24)12-20-5-3-7-25(29-20)34-10-18-14-36-15-19(18)11-34/h2-8,13,18-19H,10-12,14-15H2,1H3,(H2,28,30,31). The molecule has 2 fully saturated rings. The van der Waals surface area contributed by atoms with Crippen LogP contribution in [0.1, 0.15) is 16.8 Å². The maximum atomic E-state index is 9.38. The van der Waals surface area contributed by atoms with Gasteiger partial charge >= 0.3 is 0 Å². The van der Waals surface area contributed by atoms with Gasteiger partial charge in [0.1, 0.15) is 11.5 Å². The minimum absolute atomic E-state index is 0.133. The Morgan fingerprint density at radius 1 is 1.03 bits per heavy atom. The molecule has 3 aromatic heterocycles. The number of benzene rings is 1. The van der Waals surface area contributed by atoms with E-state index in [-0.39, 0.29) is 5.95 Å². The molecule has 180 valence electrons. The van der Waals surface area contributed by atoms with Crippen LogP contribution in [-0.2, 0) is 11.3 Å². The first-order valence-electron chi connectivity index (χ1n) is 11.9. The van der Waals surface area contributed by atoms with Gasteiger partial charge in [0.2, 0.25) is 5.95 Å². The van der Waals surface area contributed by atoms with Gasteiger partial charge in [-0.1, -0.05) is 23.4 Å². The topological polar surface area (TPSA) is 132 Å². The summed E-state index contributed by atoms with van der Waals surface area (Å²) in [7, 11) is 0. The number of pyridine rings is 1. The number of hydrogen-bond acceptors (Lipinski definition) is 9. The summed E-state index contributed by atoms with van der Waals surface area (Å²) < 4.78 is 7.34. The molecule has 2 aliphatic rings. The number of fused-ring (bicyclic) bond motifs is 1. The highest BCUT2D eigenvalue weighted by atomic mass is 16.5. The van der Waals surface area contributed by atoms with Crippen LogP contribution < -0.4 is 10.6 Å². The number of anilines is 2. The monoisotopic (exact) mass is 479 g/mol. The molecule has 0 spiro atoms. The van der Waals surface area contributed by atoms with Crippen LogP contribution in [0, 0.1) is 30.1 Å². The Morgan fingerprint density at radius 2 is 1.81 bits per heavy atom. The second-order valence-corrected chi connectivity index (χ2v) is 9.34. The summed E-state index contributed by atoms with van der Waals surface area (Å²) >= 11 is 0. The third-order valence-corrected chi connectivity index (χ3v) is 6.96. The Balaban J connectivity index is 1.23. The number of hydrogen-bond donors (Lipinski definition) is 1. The first kappa shape index (κ1) is 22.1. The maximum absolute atomic E-state index is 9.38. The van der Waals surface area contributed by atoms with Crippen molar-refractivity contribution >= 4 is 11.8 Å². The van der Waals surface area contributed by atoms with Crippen molar-refractivity contribution in [3.63, 3.8) is 0 Å². The zero-order valence-electron chi connectivity index (χ0n) is 19.9. The molecule has 0 saturated carbocycles. The zero-order chi connectivity index (χ0) is 24.6. The van der Waals surface area contributed by atoms with Crippen molar-refractivity contribution < 1.29 is 4.74 Å². The lowest BCUT2D eigenvalue weighted by Crippen LogP contribution is -2.23. The average molecular weight is 480 g/mol. The van der Waals surface area contributed by atoms with E-state index in [0.29, 0.717) is 41.0 Å². The molecule has 2 atom stereocenters. The van der Waals surface area contributed by atoms with Gasteiger partial charge in [0.15, 0.2) is 0 Å². The third-order valence-electron chi connectivity index (χ3n) is 6.96. The molecule has 0 amide bonds. The van der Waals surface area contributed by atoms with Crippen LogP contribution in [0.15, 0.2) is 48.7 Å². The average Bonchev–Trinajstić information content (AvgIpc) is 3.61. The highest BCUT2D eigenvalue weighted by molar-refractivity contribution is 5.71. The molecule has 2 aliphatic heterocycles. The van der Waals surface area contributed by atoms with Crippen LogP contribution in [0.2, 0.25) is 0 Å². The highest BCUT2D eigenvalue weighted by Gasteiger charge is 2.37. The van der Waals surface area contributed by atoms with E-state index in [4.69, 9.17) is 15.5 Å². The molecule has 0 aliphatic carbocycles. The summed E-state index contributed by atoms with van der Waals surface area (Å²) in [6.45, 7) is 6.06. The van der Waals surface area contributed by atoms with Crippen LogP contribution in [0.4, 0.5) is 11.8 Å². The molecule has 0 bridgehead atoms. The molecule has 0 radical (unpaired) electrons. The van der Waals surface area contributed by atoms with Gasteiger partial charge in [-0.15, -0.1) is 5.10 Å². The smallest absolute Gasteiger partial charge is 0.221 e. The molecule has 4 aromatic rings. The van der Waals surface area contributed by atoms with E-state index in [0.717, 1.165) is 48.9 Å². The summed E-state index contributed by atoms with van der Waals surface area (Å²) in [5, 5.41) is 18.0. The predicted molar refractivity (Wildman–Crippen MR) is 134 cm³/mol. The first-order valence-corrected chi connectivity index (χ1v) is 11.9. The van der Waals surface area contributed by atoms with Crippen LogP contribution in [0.25, 0.3) is 22.6 Å². The van der Waals surface area contributed by atoms with Crippen molar-refractivity contribution in [2.75, 3.05) is 36.9 Å². The van der Waals surface area contributed by atoms with Crippen molar-refractivity contribution in [2.45, 2.75) is 13.5 Å². The van der Waals surface area contributed by atoms with Gasteiger partial charge < -0.3 is 15.4 Å². The van der Waals surface area contributed by atoms with Crippen LogP contribution in [0.3, 0.4) is 0 Å². The molecule has 1 aromatic carbocycles. The van der Waals surface area contributed by atoms with E-state index in [2.05, 4.69) is 37.3 Å². The van der Waals surface area contributed by atoms with Crippen molar-refractivity contribution in [1.82, 2.24) is 29.9 Å². The van der Waals surface area contributed by atoms with Crippen LogP contribution >= 0.6 is 0 Å². The Morgan fingerprint density at radius 3 is 2.61 bits per heavy atom. The van der Waals surface area contributed by atoms with Gasteiger partial charge in [-0.2, -0.15) is 5.26 Å². The fourth-order valence-electron chi connectivity index (χ4n) is 5.03. The van der Waals surface area contributed by atoms with E-state index in [1.54, 1.807) is 10.7 Å². The quantitative estimate of drug-likeness (QED) is 0.459. The number of aromatic nitrogens is 6. The van der Waals surface area contributed by atoms with Crippen molar-refractivity contribution in [3.05, 3.63) is 65.5 Å². The summed E-state index contributed by atoms with van der Waals surface area (Å²) in [6, 6.07) is 15.7. The van der Waals surface area contributed by atoms with Gasteiger partial charge in [0.25, 0.3) is 0 Å². The first-order chi connectivity index (χ1) is 17.6. The summed E-state index contributed by atoms with van der Waals surface area (Å²) in [5.41, 5.74) is 11.0. The van der Waals surface area contributed by atoms with Gasteiger partial charge in [-0.25, -0.2) is 19.6 Å². The van der Waals surface area contributed by atoms with E-state index >= 15 is 0 Å². The molecule has 36 heavy (non-hydrogen) atoms. The summed E-state index contributed by atoms with van der Waals surface area (Å²) in [4.78, 5) is 16.0. The van der Waals surface area contributed by atoms with Crippen molar-refractivity contribution in [1.29, 1.82) is 5.26 Å². The van der Waals surface area contributed by atoms with E-state index in [9.17, 15) is 5.26 Å². The maximum Gasteiger partial charge on any atom is 0.221 e. The van der Waals surface area contributed by atoms with Gasteiger partial charge in [0, 0.05) is 30.5 Å². The number of nitrogens with zero attached hydrogens (tertiary/aromatic N) is 8. The summed E-state index contributed by atoms with van der Waals surface area (Å²) in [6.07, 6.45) is 1.83. The lowest BCUT2D eigenvalue weighted by molar-refractivity contribution is 0.177. The molecule has 5 heterocycles. The van der Waals surface area contributed by atoms with Crippen LogP contribution in [-0.4, -0.2) is 56.2 Å². The summed E-state index contributed by atoms with van der Waals surface area (Å²) in [5.74, 6) is 2.33. The second-order valence-electron chi connectivity index (χ2n) is 9.34.